The number of halogens is 4. The lowest BCUT2D eigenvalue weighted by atomic mass is 10.1. The lowest BCUT2D eigenvalue weighted by Crippen LogP contribution is -2.47. The second kappa shape index (κ2) is 10.3. The smallest absolute Gasteiger partial charge is 0.475 e. The zero-order chi connectivity index (χ0) is 24.9. The van der Waals surface area contributed by atoms with Crippen LogP contribution >= 0.6 is 0 Å². The number of nitrogens with zero attached hydrogens (tertiary/aromatic N) is 4. The van der Waals surface area contributed by atoms with Gasteiger partial charge in [-0.15, -0.1) is 0 Å². The van der Waals surface area contributed by atoms with Crippen LogP contribution in [-0.2, 0) is 18.4 Å². The predicted octanol–water partition coefficient (Wildman–Crippen LogP) is 1.17. The summed E-state index contributed by atoms with van der Waals surface area (Å²) in [6.45, 7) is 1.20. The van der Waals surface area contributed by atoms with Crippen LogP contribution < -0.4 is 21.9 Å². The molecule has 1 aromatic carbocycles. The summed E-state index contributed by atoms with van der Waals surface area (Å²) in [7, 11) is 1.39. The highest BCUT2D eigenvalue weighted by Gasteiger charge is 2.38. The van der Waals surface area contributed by atoms with Crippen molar-refractivity contribution < 1.29 is 27.5 Å². The highest BCUT2D eigenvalue weighted by molar-refractivity contribution is 5.73. The van der Waals surface area contributed by atoms with Crippen LogP contribution in [0.1, 0.15) is 24.0 Å². The molecule has 0 spiro atoms. The largest absolute Gasteiger partial charge is 0.490 e. The van der Waals surface area contributed by atoms with Gasteiger partial charge in [-0.3, -0.25) is 13.9 Å². The van der Waals surface area contributed by atoms with Crippen LogP contribution in [0.15, 0.2) is 33.9 Å². The maximum atomic E-state index is 13.7. The first-order valence-corrected chi connectivity index (χ1v) is 9.65. The molecular formula is C20H21F4N5O4. The van der Waals surface area contributed by atoms with Gasteiger partial charge in [0.25, 0.3) is 5.56 Å². The summed E-state index contributed by atoms with van der Waals surface area (Å²) in [4.78, 5) is 35.7. The van der Waals surface area contributed by atoms with Gasteiger partial charge < -0.3 is 15.7 Å². The fourth-order valence-corrected chi connectivity index (χ4v) is 3.26. The van der Waals surface area contributed by atoms with Crippen molar-refractivity contribution in [1.29, 1.82) is 5.26 Å². The molecule has 33 heavy (non-hydrogen) atoms. The van der Waals surface area contributed by atoms with E-state index < -0.39 is 29.2 Å². The number of anilines is 1. The Morgan fingerprint density at radius 1 is 1.30 bits per heavy atom. The first kappa shape index (κ1) is 25.6. The summed E-state index contributed by atoms with van der Waals surface area (Å²) in [5, 5.41) is 16.4. The molecule has 1 unspecified atom stereocenters. The Kier molecular flexibility index (Phi) is 7.99. The minimum Gasteiger partial charge on any atom is -0.475 e. The number of carboxylic acid groups (broad SMARTS) is 1. The molecule has 1 fully saturated rings. The summed E-state index contributed by atoms with van der Waals surface area (Å²) < 4.78 is 47.8. The number of alkyl halides is 3. The molecule has 0 radical (unpaired) electrons. The normalized spacial score (nSPS) is 15.9. The van der Waals surface area contributed by atoms with Crippen molar-refractivity contribution in [2.24, 2.45) is 12.8 Å². The van der Waals surface area contributed by atoms with E-state index in [9.17, 15) is 32.4 Å². The molecule has 0 saturated carbocycles. The van der Waals surface area contributed by atoms with Crippen LogP contribution in [0.25, 0.3) is 0 Å². The first-order valence-electron chi connectivity index (χ1n) is 9.65. The van der Waals surface area contributed by atoms with Crippen LogP contribution in [0.2, 0.25) is 0 Å². The van der Waals surface area contributed by atoms with E-state index in [0.29, 0.717) is 24.5 Å². The highest BCUT2D eigenvalue weighted by atomic mass is 19.4. The monoisotopic (exact) mass is 471 g/mol. The van der Waals surface area contributed by atoms with Crippen molar-refractivity contribution in [1.82, 2.24) is 9.13 Å². The van der Waals surface area contributed by atoms with E-state index in [2.05, 4.69) is 0 Å². The molecule has 1 atom stereocenters. The summed E-state index contributed by atoms with van der Waals surface area (Å²) in [5.74, 6) is -2.80. The van der Waals surface area contributed by atoms with E-state index >= 15 is 0 Å². The van der Waals surface area contributed by atoms with Crippen LogP contribution in [0, 0.1) is 17.1 Å². The molecule has 3 N–H and O–H groups in total. The van der Waals surface area contributed by atoms with Crippen molar-refractivity contribution in [2.75, 3.05) is 18.0 Å². The number of nitrogens with two attached hydrogens (primary N) is 1. The Hall–Kier alpha value is -3.66. The van der Waals surface area contributed by atoms with Gasteiger partial charge in [-0.25, -0.2) is 14.0 Å². The zero-order valence-electron chi connectivity index (χ0n) is 17.5. The number of hydrogen-bond acceptors (Lipinski definition) is 6. The van der Waals surface area contributed by atoms with E-state index in [0.717, 1.165) is 17.4 Å². The highest BCUT2D eigenvalue weighted by Crippen LogP contribution is 2.19. The number of rotatable bonds is 3. The van der Waals surface area contributed by atoms with E-state index in [1.54, 1.807) is 0 Å². The van der Waals surface area contributed by atoms with Crippen molar-refractivity contribution >= 4 is 11.8 Å². The van der Waals surface area contributed by atoms with E-state index in [-0.39, 0.29) is 18.2 Å². The Morgan fingerprint density at radius 3 is 2.48 bits per heavy atom. The number of benzene rings is 1. The molecule has 0 bridgehead atoms. The Labute approximate surface area is 184 Å². The number of carboxylic acids is 1. The van der Waals surface area contributed by atoms with Gasteiger partial charge in [0.2, 0.25) is 0 Å². The van der Waals surface area contributed by atoms with Crippen molar-refractivity contribution in [2.45, 2.75) is 31.6 Å². The molecule has 1 aromatic heterocycles. The van der Waals surface area contributed by atoms with Crippen LogP contribution in [0.4, 0.5) is 23.4 Å². The number of nitriles is 1. The molecule has 2 heterocycles. The molecule has 0 amide bonds. The topological polar surface area (TPSA) is 134 Å². The van der Waals surface area contributed by atoms with Gasteiger partial charge in [0.1, 0.15) is 11.6 Å². The van der Waals surface area contributed by atoms with Gasteiger partial charge in [0, 0.05) is 32.2 Å². The summed E-state index contributed by atoms with van der Waals surface area (Å²) in [6, 6.07) is 7.19. The van der Waals surface area contributed by atoms with E-state index in [1.807, 2.05) is 11.0 Å². The van der Waals surface area contributed by atoms with Gasteiger partial charge in [0.05, 0.1) is 18.2 Å². The first-order chi connectivity index (χ1) is 15.3. The van der Waals surface area contributed by atoms with Gasteiger partial charge in [-0.1, -0.05) is 0 Å². The van der Waals surface area contributed by atoms with Crippen LogP contribution in [-0.4, -0.2) is 45.5 Å². The van der Waals surface area contributed by atoms with Crippen molar-refractivity contribution in [3.8, 4) is 6.07 Å². The molecule has 0 aliphatic carbocycles. The molecular weight excluding hydrogens is 450 g/mol. The van der Waals surface area contributed by atoms with Gasteiger partial charge >= 0.3 is 17.8 Å². The predicted molar refractivity (Wildman–Crippen MR) is 109 cm³/mol. The molecule has 9 nitrogen and oxygen atoms in total. The molecule has 3 rings (SSSR count). The minimum atomic E-state index is -5.08. The third-order valence-corrected chi connectivity index (χ3v) is 4.92. The maximum Gasteiger partial charge on any atom is 0.490 e. The molecule has 1 aliphatic rings. The molecule has 1 aliphatic heterocycles. The summed E-state index contributed by atoms with van der Waals surface area (Å²) in [6.07, 6.45) is -3.35. The van der Waals surface area contributed by atoms with Crippen LogP contribution in [0.5, 0.6) is 0 Å². The van der Waals surface area contributed by atoms with Gasteiger partial charge in [-0.2, -0.15) is 18.4 Å². The molecule has 1 saturated heterocycles. The van der Waals surface area contributed by atoms with Gasteiger partial charge in [0.15, 0.2) is 0 Å². The third-order valence-electron chi connectivity index (χ3n) is 4.92. The number of aromatic nitrogens is 2. The Morgan fingerprint density at radius 2 is 1.94 bits per heavy atom. The second-order valence-corrected chi connectivity index (χ2v) is 7.33. The SMILES string of the molecule is Cn1c(=O)cc(N2CCCC(N)C2)n(Cc2cc(F)ccc2C#N)c1=O.O=C(O)C(F)(F)F. The van der Waals surface area contributed by atoms with E-state index in [1.165, 1.54) is 35.9 Å². The van der Waals surface area contributed by atoms with Crippen LogP contribution in [0.3, 0.4) is 0 Å². The maximum absolute atomic E-state index is 13.7. The number of piperidine rings is 1. The number of carbonyl (C=O) groups is 1. The average molecular weight is 471 g/mol. The Balaban J connectivity index is 0.000000479. The zero-order valence-corrected chi connectivity index (χ0v) is 17.5. The number of aliphatic carboxylic acids is 1. The third kappa shape index (κ3) is 6.42. The minimum absolute atomic E-state index is 0.00528. The Bertz CT molecular complexity index is 1180. The lowest BCUT2D eigenvalue weighted by Gasteiger charge is -2.34. The molecule has 13 heteroatoms. The lowest BCUT2D eigenvalue weighted by molar-refractivity contribution is -0.192. The average Bonchev–Trinajstić information content (AvgIpc) is 2.74. The summed E-state index contributed by atoms with van der Waals surface area (Å²) in [5.41, 5.74) is 5.77. The van der Waals surface area contributed by atoms with Gasteiger partial charge in [-0.05, 0) is 36.6 Å². The van der Waals surface area contributed by atoms with Crippen molar-refractivity contribution in [3.63, 3.8) is 0 Å². The van der Waals surface area contributed by atoms with E-state index in [4.69, 9.17) is 15.6 Å². The second-order valence-electron chi connectivity index (χ2n) is 7.33. The van der Waals surface area contributed by atoms with Crippen molar-refractivity contribution in [3.05, 3.63) is 62.0 Å². The fraction of sp³-hybridized carbons (Fsp3) is 0.400. The quantitative estimate of drug-likeness (QED) is 0.642. The molecule has 2 aromatic rings. The fourth-order valence-electron chi connectivity index (χ4n) is 3.26. The standard InChI is InChI=1S/C18H20FN5O2.C2HF3O2/c1-22-17(25)8-16(23-6-2-3-15(21)11-23)24(18(22)26)10-13-7-14(19)5-4-12(13)9-20;3-2(4,5)1(6)7/h4-5,7-8,15H,2-3,6,10-11,21H2,1H3;(H,6,7). The molecule has 178 valence electrons. The summed E-state index contributed by atoms with van der Waals surface area (Å²) >= 11 is 0. The number of hydrogen-bond donors (Lipinski definition) is 2.